The van der Waals surface area contributed by atoms with Gasteiger partial charge in [0.15, 0.2) is 5.78 Å². The summed E-state index contributed by atoms with van der Waals surface area (Å²) in [5.41, 5.74) is 2.76. The van der Waals surface area contributed by atoms with Crippen LogP contribution in [0.25, 0.3) is 6.08 Å². The van der Waals surface area contributed by atoms with Crippen LogP contribution in [0.15, 0.2) is 54.6 Å². The van der Waals surface area contributed by atoms with Crippen LogP contribution < -0.4 is 4.74 Å². The molecule has 0 unspecified atom stereocenters. The summed E-state index contributed by atoms with van der Waals surface area (Å²) >= 11 is 0. The van der Waals surface area contributed by atoms with Crippen molar-refractivity contribution in [2.45, 2.75) is 19.8 Å². The molecule has 4 heteroatoms. The first kappa shape index (κ1) is 18.9. The number of carbonyl (C=O) groups is 2. The highest BCUT2D eigenvalue weighted by atomic mass is 16.5. The zero-order chi connectivity index (χ0) is 19.2. The van der Waals surface area contributed by atoms with Crippen molar-refractivity contribution in [3.63, 3.8) is 0 Å². The van der Waals surface area contributed by atoms with Gasteiger partial charge in [0.1, 0.15) is 5.75 Å². The quantitative estimate of drug-likeness (QED) is 0.592. The number of benzene rings is 2. The van der Waals surface area contributed by atoms with Crippen LogP contribution in [-0.4, -0.2) is 36.8 Å². The molecule has 3 rings (SSSR count). The SMILES string of the molecule is COc1ccc(C)cc1/C=C/C(=O)N1CCC(C(=O)c2ccccc2)CC1. The van der Waals surface area contributed by atoms with Crippen LogP contribution >= 0.6 is 0 Å². The van der Waals surface area contributed by atoms with Crippen molar-refractivity contribution in [2.75, 3.05) is 20.2 Å². The monoisotopic (exact) mass is 363 g/mol. The average Bonchev–Trinajstić information content (AvgIpc) is 2.72. The largest absolute Gasteiger partial charge is 0.496 e. The molecule has 0 aromatic heterocycles. The van der Waals surface area contributed by atoms with E-state index in [4.69, 9.17) is 4.74 Å². The Morgan fingerprint density at radius 1 is 1.07 bits per heavy atom. The van der Waals surface area contributed by atoms with Gasteiger partial charge in [-0.05, 0) is 38.0 Å². The maximum atomic E-state index is 12.6. The van der Waals surface area contributed by atoms with E-state index in [1.165, 1.54) is 0 Å². The summed E-state index contributed by atoms with van der Waals surface area (Å²) in [5, 5.41) is 0. The van der Waals surface area contributed by atoms with E-state index in [-0.39, 0.29) is 17.6 Å². The topological polar surface area (TPSA) is 46.6 Å². The second-order valence-electron chi connectivity index (χ2n) is 6.91. The summed E-state index contributed by atoms with van der Waals surface area (Å²) in [6.07, 6.45) is 4.81. The Hall–Kier alpha value is -2.88. The van der Waals surface area contributed by atoms with Crippen LogP contribution in [0.3, 0.4) is 0 Å². The minimum Gasteiger partial charge on any atom is -0.496 e. The van der Waals surface area contributed by atoms with Crippen molar-refractivity contribution in [1.82, 2.24) is 4.90 Å². The van der Waals surface area contributed by atoms with Gasteiger partial charge in [-0.15, -0.1) is 0 Å². The Balaban J connectivity index is 1.59. The molecule has 1 heterocycles. The molecule has 1 aliphatic heterocycles. The molecule has 4 nitrogen and oxygen atoms in total. The number of likely N-dealkylation sites (tertiary alicyclic amines) is 1. The molecule has 0 N–H and O–H groups in total. The van der Waals surface area contributed by atoms with Gasteiger partial charge in [0, 0.05) is 36.2 Å². The molecule has 1 saturated heterocycles. The van der Waals surface area contributed by atoms with Gasteiger partial charge >= 0.3 is 0 Å². The van der Waals surface area contributed by atoms with E-state index in [1.807, 2.05) is 60.4 Å². The van der Waals surface area contributed by atoms with Gasteiger partial charge in [0.2, 0.25) is 5.91 Å². The van der Waals surface area contributed by atoms with Gasteiger partial charge in [-0.25, -0.2) is 0 Å². The van der Waals surface area contributed by atoms with Crippen molar-refractivity contribution in [3.8, 4) is 5.75 Å². The first-order chi connectivity index (χ1) is 13.1. The Kier molecular flexibility index (Phi) is 6.07. The molecule has 1 amide bonds. The molecule has 27 heavy (non-hydrogen) atoms. The third-order valence-corrected chi connectivity index (χ3v) is 5.03. The number of rotatable bonds is 5. The highest BCUT2D eigenvalue weighted by Gasteiger charge is 2.27. The van der Waals surface area contributed by atoms with Crippen molar-refractivity contribution in [1.29, 1.82) is 0 Å². The third kappa shape index (κ3) is 4.64. The molecule has 2 aromatic rings. The molecule has 0 saturated carbocycles. The first-order valence-electron chi connectivity index (χ1n) is 9.29. The number of hydrogen-bond donors (Lipinski definition) is 0. The zero-order valence-electron chi connectivity index (χ0n) is 15.9. The van der Waals surface area contributed by atoms with Gasteiger partial charge in [-0.3, -0.25) is 9.59 Å². The molecule has 0 atom stereocenters. The van der Waals surface area contributed by atoms with E-state index < -0.39 is 0 Å². The van der Waals surface area contributed by atoms with Crippen LogP contribution in [0.2, 0.25) is 0 Å². The molecule has 1 fully saturated rings. The molecule has 0 aliphatic carbocycles. The molecule has 1 aliphatic rings. The molecule has 2 aromatic carbocycles. The predicted molar refractivity (Wildman–Crippen MR) is 107 cm³/mol. The van der Waals surface area contributed by atoms with E-state index in [0.29, 0.717) is 25.9 Å². The molecular formula is C23H25NO3. The average molecular weight is 363 g/mol. The second-order valence-corrected chi connectivity index (χ2v) is 6.91. The summed E-state index contributed by atoms with van der Waals surface area (Å²) in [5.74, 6) is 0.904. The van der Waals surface area contributed by atoms with Crippen molar-refractivity contribution in [2.24, 2.45) is 5.92 Å². The Bertz CT molecular complexity index is 834. The number of hydrogen-bond acceptors (Lipinski definition) is 3. The minimum absolute atomic E-state index is 0.00250. The van der Waals surface area contributed by atoms with Crippen molar-refractivity contribution < 1.29 is 14.3 Å². The Morgan fingerprint density at radius 3 is 2.44 bits per heavy atom. The lowest BCUT2D eigenvalue weighted by atomic mass is 9.89. The minimum atomic E-state index is -0.0239. The third-order valence-electron chi connectivity index (χ3n) is 5.03. The maximum absolute atomic E-state index is 12.6. The van der Waals surface area contributed by atoms with Gasteiger partial charge < -0.3 is 9.64 Å². The lowest BCUT2D eigenvalue weighted by Crippen LogP contribution is -2.39. The Morgan fingerprint density at radius 2 is 1.78 bits per heavy atom. The number of piperidine rings is 1. The van der Waals surface area contributed by atoms with Gasteiger partial charge in [0.25, 0.3) is 0 Å². The summed E-state index contributed by atoms with van der Waals surface area (Å²) in [7, 11) is 1.62. The number of nitrogens with zero attached hydrogens (tertiary/aromatic N) is 1. The number of ketones is 1. The normalized spacial score (nSPS) is 15.1. The van der Waals surface area contributed by atoms with E-state index in [0.717, 1.165) is 22.4 Å². The lowest BCUT2D eigenvalue weighted by Gasteiger charge is -2.30. The second kappa shape index (κ2) is 8.67. The van der Waals surface area contributed by atoms with Crippen LogP contribution in [0, 0.1) is 12.8 Å². The van der Waals surface area contributed by atoms with Gasteiger partial charge in [0.05, 0.1) is 7.11 Å². The van der Waals surface area contributed by atoms with Crippen LogP contribution in [0.4, 0.5) is 0 Å². The van der Waals surface area contributed by atoms with Gasteiger partial charge in [-0.1, -0.05) is 42.0 Å². The highest BCUT2D eigenvalue weighted by molar-refractivity contribution is 5.98. The summed E-state index contributed by atoms with van der Waals surface area (Å²) in [6, 6.07) is 15.3. The number of amides is 1. The number of Topliss-reactive ketones (excluding diaryl/α,β-unsaturated/α-hetero) is 1. The van der Waals surface area contributed by atoms with Crippen LogP contribution in [0.5, 0.6) is 5.75 Å². The van der Waals surface area contributed by atoms with E-state index in [9.17, 15) is 9.59 Å². The summed E-state index contributed by atoms with van der Waals surface area (Å²) in [4.78, 5) is 26.9. The van der Waals surface area contributed by atoms with E-state index in [2.05, 4.69) is 0 Å². The smallest absolute Gasteiger partial charge is 0.246 e. The van der Waals surface area contributed by atoms with E-state index >= 15 is 0 Å². The predicted octanol–water partition coefficient (Wildman–Crippen LogP) is 4.14. The molecule has 0 bridgehead atoms. The van der Waals surface area contributed by atoms with Crippen molar-refractivity contribution in [3.05, 3.63) is 71.3 Å². The fourth-order valence-corrected chi connectivity index (χ4v) is 3.45. The lowest BCUT2D eigenvalue weighted by molar-refractivity contribution is -0.127. The van der Waals surface area contributed by atoms with Gasteiger partial charge in [-0.2, -0.15) is 0 Å². The molecule has 140 valence electrons. The fraction of sp³-hybridized carbons (Fsp3) is 0.304. The zero-order valence-corrected chi connectivity index (χ0v) is 15.9. The number of methoxy groups -OCH3 is 1. The molecule has 0 spiro atoms. The van der Waals surface area contributed by atoms with Crippen LogP contribution in [0.1, 0.15) is 34.3 Å². The fourth-order valence-electron chi connectivity index (χ4n) is 3.45. The molecular weight excluding hydrogens is 338 g/mol. The summed E-state index contributed by atoms with van der Waals surface area (Å²) in [6.45, 7) is 3.22. The summed E-state index contributed by atoms with van der Waals surface area (Å²) < 4.78 is 5.35. The molecule has 0 radical (unpaired) electrons. The van der Waals surface area contributed by atoms with E-state index in [1.54, 1.807) is 19.3 Å². The standard InChI is InChI=1S/C23H25NO3/c1-17-8-10-21(27-2)20(16-17)9-11-22(25)24-14-12-19(13-15-24)23(26)18-6-4-3-5-7-18/h3-11,16,19H,12-15H2,1-2H3/b11-9+. The maximum Gasteiger partial charge on any atom is 0.246 e. The highest BCUT2D eigenvalue weighted by Crippen LogP contribution is 2.23. The number of aryl methyl sites for hydroxylation is 1. The Labute approximate surface area is 160 Å². The number of ether oxygens (including phenoxy) is 1. The first-order valence-corrected chi connectivity index (χ1v) is 9.29. The van der Waals surface area contributed by atoms with Crippen molar-refractivity contribution >= 4 is 17.8 Å². The number of carbonyl (C=O) groups excluding carboxylic acids is 2. The van der Waals surface area contributed by atoms with Crippen LogP contribution in [-0.2, 0) is 4.79 Å².